The highest BCUT2D eigenvalue weighted by Gasteiger charge is 2.37. The smallest absolute Gasteiger partial charge is 0.207 e. The van der Waals surface area contributed by atoms with Crippen LogP contribution in [0.3, 0.4) is 0 Å². The molecule has 0 radical (unpaired) electrons. The van der Waals surface area contributed by atoms with E-state index in [1.807, 2.05) is 12.1 Å². The molecule has 0 fully saturated rings. The fraction of sp³-hybridized carbons (Fsp3) is 0.231. The molecule has 0 N–H and O–H groups in total. The Balaban J connectivity index is 1.82. The van der Waals surface area contributed by atoms with Gasteiger partial charge in [-0.3, -0.25) is 0 Å². The molecule has 3 aliphatic rings. The SMILES string of the molecule is O=S1(=O)c2cc3c4c(ccc5c6ccc7c8c(cc1c(c2c45)c86)CCC7)CCC3. The second-order valence-corrected chi connectivity index (χ2v) is 11.0. The van der Waals surface area contributed by atoms with Crippen LogP contribution in [0.5, 0.6) is 0 Å². The van der Waals surface area contributed by atoms with Crippen LogP contribution in [0.1, 0.15) is 35.1 Å². The lowest BCUT2D eigenvalue weighted by atomic mass is 9.80. The summed E-state index contributed by atoms with van der Waals surface area (Å²) in [6.45, 7) is 0. The summed E-state index contributed by atoms with van der Waals surface area (Å²) in [7, 11) is -3.46. The summed E-state index contributed by atoms with van der Waals surface area (Å²) in [5.41, 5.74) is 5.21. The van der Waals surface area contributed by atoms with Crippen molar-refractivity contribution in [3.63, 3.8) is 0 Å². The predicted molar refractivity (Wildman–Crippen MR) is 117 cm³/mol. The van der Waals surface area contributed by atoms with Crippen LogP contribution in [0.15, 0.2) is 46.2 Å². The summed E-state index contributed by atoms with van der Waals surface area (Å²) in [6, 6.07) is 13.1. The van der Waals surface area contributed by atoms with Crippen molar-refractivity contribution in [1.29, 1.82) is 0 Å². The highest BCUT2D eigenvalue weighted by molar-refractivity contribution is 7.92. The predicted octanol–water partition coefficient (Wildman–Crippen LogP) is 5.86. The molecule has 0 saturated carbocycles. The maximum absolute atomic E-state index is 13.7. The minimum atomic E-state index is -3.46. The molecule has 0 amide bonds. The highest BCUT2D eigenvalue weighted by Crippen LogP contribution is 2.54. The van der Waals surface area contributed by atoms with Gasteiger partial charge < -0.3 is 0 Å². The van der Waals surface area contributed by atoms with E-state index >= 15 is 0 Å². The maximum Gasteiger partial charge on any atom is 0.207 e. The molecule has 0 saturated heterocycles. The quantitative estimate of drug-likeness (QED) is 0.239. The van der Waals surface area contributed by atoms with Crippen molar-refractivity contribution in [2.24, 2.45) is 0 Å². The van der Waals surface area contributed by atoms with Crippen molar-refractivity contribution in [2.75, 3.05) is 0 Å². The minimum Gasteiger partial charge on any atom is -0.218 e. The molecule has 0 aromatic heterocycles. The van der Waals surface area contributed by atoms with Crippen LogP contribution >= 0.6 is 0 Å². The van der Waals surface area contributed by atoms with Gasteiger partial charge >= 0.3 is 0 Å². The third-order valence-corrected chi connectivity index (χ3v) is 9.53. The van der Waals surface area contributed by atoms with Crippen LogP contribution in [0, 0.1) is 0 Å². The van der Waals surface area contributed by atoms with Crippen molar-refractivity contribution >= 4 is 52.9 Å². The van der Waals surface area contributed by atoms with Gasteiger partial charge in [-0.2, -0.15) is 0 Å². The molecule has 5 aromatic rings. The average Bonchev–Trinajstić information content (AvgIpc) is 2.97. The van der Waals surface area contributed by atoms with Crippen LogP contribution in [-0.2, 0) is 35.5 Å². The van der Waals surface area contributed by atoms with Gasteiger partial charge in [-0.15, -0.1) is 0 Å². The van der Waals surface area contributed by atoms with Crippen molar-refractivity contribution in [2.45, 2.75) is 48.3 Å². The standard InChI is InChI=1S/C26H18O2S/c27-29(28)19-11-15-5-1-3-13-7-9-17-18-10-8-14-4-2-6-16-12-20(29)26(24(18)22(14)16)25(19)23(17)21(13)15/h7-12H,1-6H2. The first-order valence-electron chi connectivity index (χ1n) is 10.6. The fourth-order valence-electron chi connectivity index (χ4n) is 6.63. The lowest BCUT2D eigenvalue weighted by molar-refractivity contribution is 0.598. The van der Waals surface area contributed by atoms with Crippen molar-refractivity contribution < 1.29 is 8.42 Å². The summed E-state index contributed by atoms with van der Waals surface area (Å²) in [6.07, 6.45) is 6.31. The zero-order valence-electron chi connectivity index (χ0n) is 15.9. The summed E-state index contributed by atoms with van der Waals surface area (Å²) in [4.78, 5) is 1.12. The summed E-state index contributed by atoms with van der Waals surface area (Å²) >= 11 is 0. The Labute approximate surface area is 168 Å². The third-order valence-electron chi connectivity index (χ3n) is 7.73. The number of hydrogen-bond donors (Lipinski definition) is 0. The topological polar surface area (TPSA) is 34.1 Å². The molecule has 0 atom stereocenters. The van der Waals surface area contributed by atoms with E-state index in [-0.39, 0.29) is 0 Å². The van der Waals surface area contributed by atoms with Crippen molar-refractivity contribution in [3.8, 4) is 0 Å². The molecule has 0 unspecified atom stereocenters. The van der Waals surface area contributed by atoms with E-state index in [0.29, 0.717) is 9.79 Å². The van der Waals surface area contributed by atoms with E-state index in [2.05, 4.69) is 24.3 Å². The minimum absolute atomic E-state index is 0.559. The molecule has 140 valence electrons. The van der Waals surface area contributed by atoms with E-state index in [9.17, 15) is 8.42 Å². The number of aryl methyl sites for hydroxylation is 4. The summed E-state index contributed by atoms with van der Waals surface area (Å²) in [5, 5.41) is 9.51. The van der Waals surface area contributed by atoms with Gasteiger partial charge in [0.05, 0.1) is 9.79 Å². The Kier molecular flexibility index (Phi) is 2.40. The van der Waals surface area contributed by atoms with Gasteiger partial charge in [-0.1, -0.05) is 24.3 Å². The molecule has 2 aliphatic carbocycles. The van der Waals surface area contributed by atoms with Gasteiger partial charge in [-0.25, -0.2) is 8.42 Å². The highest BCUT2D eigenvalue weighted by atomic mass is 32.2. The lowest BCUT2D eigenvalue weighted by Crippen LogP contribution is -2.04. The van der Waals surface area contributed by atoms with E-state index in [0.717, 1.165) is 49.3 Å². The second-order valence-electron chi connectivity index (χ2n) is 9.07. The summed E-state index contributed by atoms with van der Waals surface area (Å²) in [5.74, 6) is 0. The molecular weight excluding hydrogens is 376 g/mol. The molecule has 0 spiro atoms. The van der Waals surface area contributed by atoms with Crippen molar-refractivity contribution in [1.82, 2.24) is 0 Å². The second kappa shape index (κ2) is 4.57. The first kappa shape index (κ1) is 15.2. The third kappa shape index (κ3) is 1.52. The average molecular weight is 394 g/mol. The number of sulfone groups is 1. The molecule has 1 aliphatic heterocycles. The molecule has 8 rings (SSSR count). The Morgan fingerprint density at radius 2 is 0.966 bits per heavy atom. The molecule has 3 heteroatoms. The van der Waals surface area contributed by atoms with Gasteiger partial charge in [0.2, 0.25) is 9.84 Å². The molecular formula is C26H18O2S. The summed E-state index contributed by atoms with van der Waals surface area (Å²) < 4.78 is 27.4. The van der Waals surface area contributed by atoms with Gasteiger partial charge in [0.15, 0.2) is 0 Å². The first-order chi connectivity index (χ1) is 14.1. The number of rotatable bonds is 0. The van der Waals surface area contributed by atoms with E-state index in [4.69, 9.17) is 0 Å². The van der Waals surface area contributed by atoms with E-state index in [1.165, 1.54) is 54.6 Å². The molecule has 1 heterocycles. The Hall–Kier alpha value is -2.65. The largest absolute Gasteiger partial charge is 0.218 e. The molecule has 29 heavy (non-hydrogen) atoms. The van der Waals surface area contributed by atoms with Crippen LogP contribution in [-0.4, -0.2) is 8.42 Å². The Morgan fingerprint density at radius 1 is 0.517 bits per heavy atom. The zero-order chi connectivity index (χ0) is 19.1. The van der Waals surface area contributed by atoms with Gasteiger partial charge in [0.1, 0.15) is 0 Å². The van der Waals surface area contributed by atoms with Crippen LogP contribution in [0.4, 0.5) is 0 Å². The number of hydrogen-bond acceptors (Lipinski definition) is 2. The molecule has 0 bridgehead atoms. The van der Waals surface area contributed by atoms with Crippen LogP contribution in [0.2, 0.25) is 0 Å². The van der Waals surface area contributed by atoms with Gasteiger partial charge in [-0.05, 0) is 105 Å². The molecule has 5 aromatic carbocycles. The lowest BCUT2D eigenvalue weighted by Gasteiger charge is -2.23. The normalized spacial score (nSPS) is 18.8. The first-order valence-corrected chi connectivity index (χ1v) is 12.1. The van der Waals surface area contributed by atoms with E-state index < -0.39 is 9.84 Å². The van der Waals surface area contributed by atoms with Gasteiger partial charge in [0.25, 0.3) is 0 Å². The Bertz CT molecular complexity index is 1590. The molecule has 2 nitrogen and oxygen atoms in total. The van der Waals surface area contributed by atoms with Crippen molar-refractivity contribution in [3.05, 3.63) is 58.7 Å². The Morgan fingerprint density at radius 3 is 1.45 bits per heavy atom. The van der Waals surface area contributed by atoms with Crippen LogP contribution in [0.25, 0.3) is 43.1 Å². The van der Waals surface area contributed by atoms with E-state index in [1.54, 1.807) is 0 Å². The van der Waals surface area contributed by atoms with Crippen LogP contribution < -0.4 is 0 Å². The number of fused-ring (bicyclic) bond motifs is 1. The fourth-order valence-corrected chi connectivity index (χ4v) is 8.41. The zero-order valence-corrected chi connectivity index (χ0v) is 16.7. The number of benzene rings is 5. The van der Waals surface area contributed by atoms with Gasteiger partial charge in [0, 0.05) is 10.8 Å². The monoisotopic (exact) mass is 394 g/mol. The maximum atomic E-state index is 13.7.